The minimum atomic E-state index is 0.883. The van der Waals surface area contributed by atoms with Gasteiger partial charge in [-0.3, -0.25) is 4.98 Å². The molecule has 1 aromatic rings. The van der Waals surface area contributed by atoms with Crippen molar-refractivity contribution in [2.24, 2.45) is 0 Å². The topological polar surface area (TPSA) is 28.2 Å². The fraction of sp³-hybridized carbons (Fsp3) is 0.462. The lowest BCUT2D eigenvalue weighted by Crippen LogP contribution is -2.26. The van der Waals surface area contributed by atoms with E-state index in [9.17, 15) is 0 Å². The third-order valence-corrected chi connectivity index (χ3v) is 2.40. The van der Waals surface area contributed by atoms with E-state index in [2.05, 4.69) is 34.9 Å². The molecule has 0 radical (unpaired) electrons. The third kappa shape index (κ3) is 5.05. The van der Waals surface area contributed by atoms with Crippen LogP contribution in [0.25, 0.3) is 0 Å². The maximum Gasteiger partial charge on any atom is 0.0416 e. The smallest absolute Gasteiger partial charge is 0.0416 e. The van der Waals surface area contributed by atoms with E-state index >= 15 is 0 Å². The Labute approximate surface area is 98.2 Å². The zero-order valence-electron chi connectivity index (χ0n) is 10.2. The number of nitrogens with one attached hydrogen (secondary N) is 1. The van der Waals surface area contributed by atoms with Crippen LogP contribution in [0, 0.1) is 0 Å². The summed E-state index contributed by atoms with van der Waals surface area (Å²) in [6.45, 7) is 6.85. The molecule has 1 N–H and O–H groups in total. The van der Waals surface area contributed by atoms with Crippen LogP contribution < -0.4 is 5.32 Å². The highest BCUT2D eigenvalue weighted by Crippen LogP contribution is 1.98. The van der Waals surface area contributed by atoms with Gasteiger partial charge >= 0.3 is 0 Å². The molecule has 0 aliphatic carbocycles. The van der Waals surface area contributed by atoms with Crippen LogP contribution in [-0.2, 0) is 6.42 Å². The van der Waals surface area contributed by atoms with E-state index in [-0.39, 0.29) is 0 Å². The van der Waals surface area contributed by atoms with Gasteiger partial charge in [0.2, 0.25) is 0 Å². The van der Waals surface area contributed by atoms with Crippen molar-refractivity contribution in [3.63, 3.8) is 0 Å². The van der Waals surface area contributed by atoms with Crippen molar-refractivity contribution in [3.8, 4) is 0 Å². The van der Waals surface area contributed by atoms with Crippen molar-refractivity contribution in [2.75, 3.05) is 33.7 Å². The Kier molecular flexibility index (Phi) is 5.75. The molecule has 3 nitrogen and oxygen atoms in total. The second-order valence-corrected chi connectivity index (χ2v) is 4.09. The SMILES string of the molecule is C=C(CNC)CN(C)CCc1ccccn1. The largest absolute Gasteiger partial charge is 0.316 e. The minimum absolute atomic E-state index is 0.883. The van der Waals surface area contributed by atoms with E-state index in [0.717, 1.165) is 31.7 Å². The van der Waals surface area contributed by atoms with Crippen LogP contribution in [0.2, 0.25) is 0 Å². The standard InChI is InChI=1S/C13H21N3/c1-12(10-14-2)11-16(3)9-7-13-6-4-5-8-15-13/h4-6,8,14H,1,7,9-11H2,2-3H3. The van der Waals surface area contributed by atoms with Crippen LogP contribution in [0.4, 0.5) is 0 Å². The van der Waals surface area contributed by atoms with Crippen molar-refractivity contribution in [2.45, 2.75) is 6.42 Å². The van der Waals surface area contributed by atoms with Crippen LogP contribution in [0.5, 0.6) is 0 Å². The number of hydrogen-bond donors (Lipinski definition) is 1. The first-order valence-electron chi connectivity index (χ1n) is 5.62. The predicted molar refractivity (Wildman–Crippen MR) is 68.5 cm³/mol. The number of aromatic nitrogens is 1. The van der Waals surface area contributed by atoms with Crippen molar-refractivity contribution < 1.29 is 0 Å². The van der Waals surface area contributed by atoms with Gasteiger partial charge in [-0.15, -0.1) is 0 Å². The Morgan fingerprint density at radius 1 is 1.50 bits per heavy atom. The lowest BCUT2D eigenvalue weighted by atomic mass is 10.2. The van der Waals surface area contributed by atoms with Crippen molar-refractivity contribution in [3.05, 3.63) is 42.2 Å². The van der Waals surface area contributed by atoms with Crippen molar-refractivity contribution in [1.29, 1.82) is 0 Å². The van der Waals surface area contributed by atoms with E-state index in [1.54, 1.807) is 0 Å². The molecule has 16 heavy (non-hydrogen) atoms. The van der Waals surface area contributed by atoms with Gasteiger partial charge in [-0.25, -0.2) is 0 Å². The maximum absolute atomic E-state index is 4.30. The zero-order valence-corrected chi connectivity index (χ0v) is 10.2. The van der Waals surface area contributed by atoms with Crippen LogP contribution in [-0.4, -0.2) is 43.6 Å². The van der Waals surface area contributed by atoms with Gasteiger partial charge in [0.15, 0.2) is 0 Å². The molecule has 0 bridgehead atoms. The molecule has 0 spiro atoms. The van der Waals surface area contributed by atoms with Crippen LogP contribution in [0.1, 0.15) is 5.69 Å². The van der Waals surface area contributed by atoms with E-state index in [1.807, 2.05) is 25.4 Å². The Bertz CT molecular complexity index is 308. The molecule has 0 amide bonds. The molecule has 3 heteroatoms. The molecule has 0 fully saturated rings. The minimum Gasteiger partial charge on any atom is -0.316 e. The quantitative estimate of drug-likeness (QED) is 0.701. The molecule has 1 heterocycles. The Hall–Kier alpha value is -1.19. The molecule has 0 aliphatic heterocycles. The molecule has 88 valence electrons. The van der Waals surface area contributed by atoms with Gasteiger partial charge in [-0.1, -0.05) is 12.6 Å². The Morgan fingerprint density at radius 3 is 2.94 bits per heavy atom. The highest BCUT2D eigenvalue weighted by Gasteiger charge is 2.01. The van der Waals surface area contributed by atoms with E-state index in [1.165, 1.54) is 5.57 Å². The zero-order chi connectivity index (χ0) is 11.8. The normalized spacial score (nSPS) is 10.7. The Morgan fingerprint density at radius 2 is 2.31 bits per heavy atom. The predicted octanol–water partition coefficient (Wildman–Crippen LogP) is 1.33. The summed E-state index contributed by atoms with van der Waals surface area (Å²) in [5, 5.41) is 3.11. The summed E-state index contributed by atoms with van der Waals surface area (Å²) in [5.41, 5.74) is 2.36. The molecule has 1 aromatic heterocycles. The van der Waals surface area contributed by atoms with E-state index < -0.39 is 0 Å². The first-order valence-corrected chi connectivity index (χ1v) is 5.62. The summed E-state index contributed by atoms with van der Waals surface area (Å²) >= 11 is 0. The number of rotatable bonds is 7. The van der Waals surface area contributed by atoms with Gasteiger partial charge in [-0.05, 0) is 31.8 Å². The summed E-state index contributed by atoms with van der Waals surface area (Å²) < 4.78 is 0. The number of nitrogens with zero attached hydrogens (tertiary/aromatic N) is 2. The summed E-state index contributed by atoms with van der Waals surface area (Å²) in [6, 6.07) is 6.04. The van der Waals surface area contributed by atoms with Crippen molar-refractivity contribution in [1.82, 2.24) is 15.2 Å². The summed E-state index contributed by atoms with van der Waals surface area (Å²) in [4.78, 5) is 6.58. The summed E-state index contributed by atoms with van der Waals surface area (Å²) in [5.74, 6) is 0. The highest BCUT2D eigenvalue weighted by atomic mass is 15.1. The second-order valence-electron chi connectivity index (χ2n) is 4.09. The molecule has 0 aromatic carbocycles. The van der Waals surface area contributed by atoms with Gasteiger partial charge in [0.05, 0.1) is 0 Å². The van der Waals surface area contributed by atoms with E-state index in [0.29, 0.717) is 0 Å². The molecule has 0 atom stereocenters. The highest BCUT2D eigenvalue weighted by molar-refractivity contribution is 5.04. The first kappa shape index (κ1) is 12.9. The number of likely N-dealkylation sites (N-methyl/N-ethyl adjacent to an activating group) is 2. The molecule has 1 rings (SSSR count). The average Bonchev–Trinajstić information content (AvgIpc) is 2.28. The van der Waals surface area contributed by atoms with Crippen LogP contribution in [0.3, 0.4) is 0 Å². The fourth-order valence-electron chi connectivity index (χ4n) is 1.62. The molecule has 0 unspecified atom stereocenters. The van der Waals surface area contributed by atoms with E-state index in [4.69, 9.17) is 0 Å². The Balaban J connectivity index is 2.25. The second kappa shape index (κ2) is 7.14. The van der Waals surface area contributed by atoms with Gasteiger partial charge in [0.25, 0.3) is 0 Å². The molecule has 0 aliphatic rings. The van der Waals surface area contributed by atoms with Gasteiger partial charge in [0.1, 0.15) is 0 Å². The molecular weight excluding hydrogens is 198 g/mol. The van der Waals surface area contributed by atoms with Crippen LogP contribution in [0.15, 0.2) is 36.5 Å². The van der Waals surface area contributed by atoms with Gasteiger partial charge in [-0.2, -0.15) is 0 Å². The molecular formula is C13H21N3. The summed E-state index contributed by atoms with van der Waals surface area (Å²) in [6.07, 6.45) is 2.83. The monoisotopic (exact) mass is 219 g/mol. The van der Waals surface area contributed by atoms with Gasteiger partial charge < -0.3 is 10.2 Å². The average molecular weight is 219 g/mol. The van der Waals surface area contributed by atoms with Crippen molar-refractivity contribution >= 4 is 0 Å². The fourth-order valence-corrected chi connectivity index (χ4v) is 1.62. The molecule has 0 saturated carbocycles. The number of pyridine rings is 1. The summed E-state index contributed by atoms with van der Waals surface area (Å²) in [7, 11) is 4.06. The lowest BCUT2D eigenvalue weighted by molar-refractivity contribution is 0.363. The third-order valence-electron chi connectivity index (χ3n) is 2.40. The lowest BCUT2D eigenvalue weighted by Gasteiger charge is -2.17. The first-order chi connectivity index (χ1) is 7.72. The van der Waals surface area contributed by atoms with Crippen LogP contribution >= 0.6 is 0 Å². The van der Waals surface area contributed by atoms with Gasteiger partial charge in [0, 0.05) is 37.9 Å². The number of hydrogen-bond acceptors (Lipinski definition) is 3. The maximum atomic E-state index is 4.30. The molecule has 0 saturated heterocycles.